The molecule has 46 heavy (non-hydrogen) atoms. The normalized spacial score (nSPS) is 14.4. The molecule has 4 aromatic rings. The zero-order chi connectivity index (χ0) is 32.5. The van der Waals surface area contributed by atoms with Crippen LogP contribution in [0.5, 0.6) is 0 Å². The summed E-state index contributed by atoms with van der Waals surface area (Å²) in [7, 11) is 0. The predicted octanol–water partition coefficient (Wildman–Crippen LogP) is 3.09. The summed E-state index contributed by atoms with van der Waals surface area (Å²) in [6.07, 6.45) is 2.74. The molecule has 0 spiro atoms. The van der Waals surface area contributed by atoms with E-state index in [1.165, 1.54) is 6.92 Å². The molecule has 5 N–H and O–H groups in total. The van der Waals surface area contributed by atoms with Crippen molar-refractivity contribution in [1.29, 1.82) is 0 Å². The number of H-pyrrole nitrogens is 1. The van der Waals surface area contributed by atoms with Crippen LogP contribution in [0.25, 0.3) is 10.9 Å². The summed E-state index contributed by atoms with van der Waals surface area (Å²) in [5.41, 5.74) is 3.16. The Morgan fingerprint density at radius 2 is 1.39 bits per heavy atom. The van der Waals surface area contributed by atoms with Gasteiger partial charge >= 0.3 is 6.09 Å². The molecule has 0 saturated heterocycles. The summed E-state index contributed by atoms with van der Waals surface area (Å²) in [4.78, 5) is 68.8. The second-order valence-electron chi connectivity index (χ2n) is 11.4. The fourth-order valence-electron chi connectivity index (χ4n) is 5.01. The minimum atomic E-state index is -1.17. The van der Waals surface area contributed by atoms with Crippen molar-refractivity contribution in [2.45, 2.75) is 63.4 Å². The zero-order valence-corrected chi connectivity index (χ0v) is 25.5. The summed E-state index contributed by atoms with van der Waals surface area (Å²) >= 11 is 0. The fraction of sp³-hybridized carbons (Fsp3) is 0.286. The van der Waals surface area contributed by atoms with Crippen molar-refractivity contribution in [2.24, 2.45) is 0 Å². The Balaban J connectivity index is 1.31. The van der Waals surface area contributed by atoms with Crippen LogP contribution in [0.3, 0.4) is 0 Å². The SMILES string of the molecule is C[C@H](NC(=O)OCc1ccccc1)C(=O)N[C@@H](Cc1c[nH]c2ccccc12)C(=O)N[C@@H](Cc1ccccc1)C(=O)C(=O)NC1CC1. The first-order valence-corrected chi connectivity index (χ1v) is 15.3. The molecule has 11 nitrogen and oxygen atoms in total. The van der Waals surface area contributed by atoms with E-state index in [0.29, 0.717) is 0 Å². The Kier molecular flexibility index (Phi) is 10.4. The quantitative estimate of drug-likeness (QED) is 0.136. The molecule has 1 aliphatic carbocycles. The Morgan fingerprint density at radius 1 is 0.761 bits per heavy atom. The molecule has 238 valence electrons. The maximum atomic E-state index is 13.9. The number of benzene rings is 3. The smallest absolute Gasteiger partial charge is 0.408 e. The lowest BCUT2D eigenvalue weighted by Gasteiger charge is -2.24. The highest BCUT2D eigenvalue weighted by atomic mass is 16.5. The second-order valence-corrected chi connectivity index (χ2v) is 11.4. The van der Waals surface area contributed by atoms with Crippen LogP contribution in [0, 0.1) is 0 Å². The molecule has 0 unspecified atom stereocenters. The van der Waals surface area contributed by atoms with E-state index in [0.717, 1.165) is 40.4 Å². The lowest BCUT2D eigenvalue weighted by Crippen LogP contribution is -2.57. The molecule has 0 bridgehead atoms. The molecule has 3 atom stereocenters. The molecule has 1 aromatic heterocycles. The summed E-state index contributed by atoms with van der Waals surface area (Å²) in [5.74, 6) is -2.80. The van der Waals surface area contributed by atoms with Crippen molar-refractivity contribution < 1.29 is 28.7 Å². The molecule has 0 aliphatic heterocycles. The van der Waals surface area contributed by atoms with Gasteiger partial charge < -0.3 is 31.0 Å². The molecular formula is C35H37N5O6. The lowest BCUT2D eigenvalue weighted by atomic mass is 9.99. The van der Waals surface area contributed by atoms with Crippen LogP contribution in [-0.2, 0) is 43.4 Å². The van der Waals surface area contributed by atoms with Crippen LogP contribution in [-0.4, -0.2) is 58.7 Å². The standard InChI is InChI=1S/C35H37N5O6/c1-22(37-35(45)46-21-24-12-6-3-7-13-24)32(42)40-30(19-25-20-36-28-15-9-8-14-27(25)28)33(43)39-29(18-23-10-4-2-5-11-23)31(41)34(44)38-26-16-17-26/h2-15,20,22,26,29-30,36H,16-19,21H2,1H3,(H,37,45)(H,38,44)(H,39,43)(H,40,42)/t22-,29-,30-/m0/s1. The van der Waals surface area contributed by atoms with Crippen molar-refractivity contribution in [1.82, 2.24) is 26.3 Å². The van der Waals surface area contributed by atoms with Gasteiger partial charge in [-0.2, -0.15) is 0 Å². The number of hydrogen-bond acceptors (Lipinski definition) is 6. The molecule has 1 heterocycles. The van der Waals surface area contributed by atoms with E-state index in [1.807, 2.05) is 72.8 Å². The fourth-order valence-corrected chi connectivity index (χ4v) is 5.01. The van der Waals surface area contributed by atoms with E-state index in [-0.39, 0.29) is 25.5 Å². The third-order valence-electron chi connectivity index (χ3n) is 7.72. The molecular weight excluding hydrogens is 586 g/mol. The van der Waals surface area contributed by atoms with Gasteiger partial charge in [0.05, 0.1) is 0 Å². The number of alkyl carbamates (subject to hydrolysis) is 1. The summed E-state index contributed by atoms with van der Waals surface area (Å²) in [5, 5.41) is 11.5. The molecule has 5 rings (SSSR count). The average Bonchev–Trinajstić information content (AvgIpc) is 3.80. The molecule has 1 saturated carbocycles. The van der Waals surface area contributed by atoms with E-state index in [1.54, 1.807) is 18.3 Å². The molecule has 1 fully saturated rings. The number of hydrogen-bond donors (Lipinski definition) is 5. The van der Waals surface area contributed by atoms with Crippen molar-refractivity contribution in [2.75, 3.05) is 0 Å². The summed E-state index contributed by atoms with van der Waals surface area (Å²) < 4.78 is 5.24. The first-order valence-electron chi connectivity index (χ1n) is 15.3. The number of rotatable bonds is 14. The van der Waals surface area contributed by atoms with E-state index in [2.05, 4.69) is 26.3 Å². The van der Waals surface area contributed by atoms with Crippen molar-refractivity contribution in [3.8, 4) is 0 Å². The van der Waals surface area contributed by atoms with Crippen LogP contribution < -0.4 is 21.3 Å². The Bertz CT molecular complexity index is 1690. The van der Waals surface area contributed by atoms with Crippen molar-refractivity contribution >= 4 is 40.5 Å². The Morgan fingerprint density at radius 3 is 2.09 bits per heavy atom. The number of Topliss-reactive ketones (excluding diaryl/α,β-unsaturated/α-hetero) is 1. The number of ketones is 1. The van der Waals surface area contributed by atoms with Crippen LogP contribution in [0.1, 0.15) is 36.5 Å². The van der Waals surface area contributed by atoms with Gasteiger partial charge in [-0.25, -0.2) is 4.79 Å². The van der Waals surface area contributed by atoms with Gasteiger partial charge in [-0.05, 0) is 42.5 Å². The van der Waals surface area contributed by atoms with Crippen LogP contribution in [0.2, 0.25) is 0 Å². The molecule has 1 aliphatic rings. The number of fused-ring (bicyclic) bond motifs is 1. The third kappa shape index (κ3) is 8.81. The van der Waals surface area contributed by atoms with Crippen LogP contribution >= 0.6 is 0 Å². The number of aromatic nitrogens is 1. The van der Waals surface area contributed by atoms with E-state index < -0.39 is 47.7 Å². The highest BCUT2D eigenvalue weighted by Gasteiger charge is 2.34. The molecule has 3 aromatic carbocycles. The Hall–Kier alpha value is -5.45. The number of ether oxygens (including phenoxy) is 1. The van der Waals surface area contributed by atoms with Gasteiger partial charge in [0.2, 0.25) is 17.6 Å². The average molecular weight is 624 g/mol. The summed E-state index contributed by atoms with van der Waals surface area (Å²) in [6.45, 7) is 1.50. The van der Waals surface area contributed by atoms with Crippen LogP contribution in [0.4, 0.5) is 4.79 Å². The van der Waals surface area contributed by atoms with Gasteiger partial charge in [0, 0.05) is 36.0 Å². The third-order valence-corrected chi connectivity index (χ3v) is 7.72. The largest absolute Gasteiger partial charge is 0.445 e. The second kappa shape index (κ2) is 15.0. The van der Waals surface area contributed by atoms with Crippen LogP contribution in [0.15, 0.2) is 91.1 Å². The minimum Gasteiger partial charge on any atom is -0.445 e. The topological polar surface area (TPSA) is 158 Å². The predicted molar refractivity (Wildman–Crippen MR) is 171 cm³/mol. The Labute approximate surface area is 266 Å². The number of carbonyl (C=O) groups excluding carboxylic acids is 5. The lowest BCUT2D eigenvalue weighted by molar-refractivity contribution is -0.140. The molecule has 0 radical (unpaired) electrons. The van der Waals surface area contributed by atoms with Gasteiger partial charge in [-0.1, -0.05) is 78.9 Å². The van der Waals surface area contributed by atoms with Crippen molar-refractivity contribution in [3.05, 3.63) is 108 Å². The van der Waals surface area contributed by atoms with Crippen molar-refractivity contribution in [3.63, 3.8) is 0 Å². The summed E-state index contributed by atoms with van der Waals surface area (Å²) in [6, 6.07) is 22.3. The van der Waals surface area contributed by atoms with Gasteiger partial charge in [-0.15, -0.1) is 0 Å². The first-order chi connectivity index (χ1) is 22.3. The zero-order valence-electron chi connectivity index (χ0n) is 25.5. The van der Waals surface area contributed by atoms with Gasteiger partial charge in [0.25, 0.3) is 5.91 Å². The number of carbonyl (C=O) groups is 5. The maximum absolute atomic E-state index is 13.9. The van der Waals surface area contributed by atoms with Gasteiger partial charge in [0.1, 0.15) is 24.7 Å². The molecule has 4 amide bonds. The number of nitrogens with one attached hydrogen (secondary N) is 5. The van der Waals surface area contributed by atoms with Gasteiger partial charge in [-0.3, -0.25) is 19.2 Å². The first kappa shape index (κ1) is 32.0. The highest BCUT2D eigenvalue weighted by molar-refractivity contribution is 6.38. The highest BCUT2D eigenvalue weighted by Crippen LogP contribution is 2.20. The number of amides is 4. The van der Waals surface area contributed by atoms with E-state index in [4.69, 9.17) is 4.74 Å². The van der Waals surface area contributed by atoms with E-state index >= 15 is 0 Å². The number of aromatic amines is 1. The maximum Gasteiger partial charge on any atom is 0.408 e. The van der Waals surface area contributed by atoms with E-state index in [9.17, 15) is 24.0 Å². The monoisotopic (exact) mass is 623 g/mol. The molecule has 11 heteroatoms. The minimum absolute atomic E-state index is 0.0256. The number of para-hydroxylation sites is 1. The van der Waals surface area contributed by atoms with Gasteiger partial charge in [0.15, 0.2) is 0 Å².